The molecule has 0 amide bonds. The fraction of sp³-hybridized carbons (Fsp3) is 0.333. The van der Waals surface area contributed by atoms with Crippen molar-refractivity contribution in [2.24, 2.45) is 0 Å². The third-order valence-electron chi connectivity index (χ3n) is 1.88. The monoisotopic (exact) mass is 246 g/mol. The molecule has 0 atom stereocenters. The van der Waals surface area contributed by atoms with Gasteiger partial charge in [-0.25, -0.2) is 0 Å². The van der Waals surface area contributed by atoms with Gasteiger partial charge < -0.3 is 0 Å². The first-order valence-electron chi connectivity index (χ1n) is 4.36. The molecule has 0 saturated carbocycles. The first-order valence-corrected chi connectivity index (χ1v) is 6.31. The van der Waals surface area contributed by atoms with E-state index in [9.17, 15) is 19.4 Å². The summed E-state index contributed by atoms with van der Waals surface area (Å²) in [6.07, 6.45) is 0.978. The molecular formula is C9H11F5S. The molecule has 88 valence electrons. The Morgan fingerprint density at radius 2 is 1.67 bits per heavy atom. The summed E-state index contributed by atoms with van der Waals surface area (Å²) in [4.78, 5) is -1.80. The molecule has 1 aromatic rings. The summed E-state index contributed by atoms with van der Waals surface area (Å²) in [6, 6.07) is 3.38. The number of hydrogen-bond acceptors (Lipinski definition) is 0. The molecular weight excluding hydrogens is 235 g/mol. The molecule has 0 fully saturated rings. The molecule has 1 rings (SSSR count). The van der Waals surface area contributed by atoms with Gasteiger partial charge >= 0.3 is 10.2 Å². The van der Waals surface area contributed by atoms with E-state index in [1.54, 1.807) is 6.92 Å². The lowest BCUT2D eigenvalue weighted by Gasteiger charge is -2.40. The summed E-state index contributed by atoms with van der Waals surface area (Å²) in [6.45, 7) is 1.77. The second-order valence-corrected chi connectivity index (χ2v) is 5.78. The average Bonchev–Trinajstić information content (AvgIpc) is 2.01. The van der Waals surface area contributed by atoms with Crippen molar-refractivity contribution in [2.75, 3.05) is 0 Å². The Kier molecular flexibility index (Phi) is 2.35. The quantitative estimate of drug-likeness (QED) is 0.635. The maximum atomic E-state index is 12.4. The molecule has 1 aromatic carbocycles. The summed E-state index contributed by atoms with van der Waals surface area (Å²) >= 11 is 0. The van der Waals surface area contributed by atoms with Crippen LogP contribution >= 0.6 is 10.2 Å². The average molecular weight is 246 g/mol. The van der Waals surface area contributed by atoms with E-state index in [0.717, 1.165) is 6.07 Å². The van der Waals surface area contributed by atoms with Gasteiger partial charge in [0, 0.05) is 0 Å². The summed E-state index contributed by atoms with van der Waals surface area (Å²) < 4.78 is 61.8. The molecule has 0 heterocycles. The van der Waals surface area contributed by atoms with Crippen molar-refractivity contribution in [3.05, 3.63) is 29.8 Å². The highest BCUT2D eigenvalue weighted by Gasteiger charge is 2.65. The van der Waals surface area contributed by atoms with Gasteiger partial charge in [-0.1, -0.05) is 44.9 Å². The van der Waals surface area contributed by atoms with Gasteiger partial charge in [-0.05, 0) is 24.1 Å². The zero-order valence-corrected chi connectivity index (χ0v) is 8.84. The minimum absolute atomic E-state index is 0.281. The summed E-state index contributed by atoms with van der Waals surface area (Å²) in [5.74, 6) is 0. The molecule has 0 aliphatic carbocycles. The van der Waals surface area contributed by atoms with Gasteiger partial charge in [0.2, 0.25) is 0 Å². The molecule has 0 aromatic heterocycles. The normalized spacial score (nSPS) is 16.9. The third kappa shape index (κ3) is 3.37. The van der Waals surface area contributed by atoms with Crippen LogP contribution < -0.4 is 0 Å². The first kappa shape index (κ1) is 12.3. The van der Waals surface area contributed by atoms with Crippen molar-refractivity contribution in [3.8, 4) is 0 Å². The van der Waals surface area contributed by atoms with E-state index in [1.807, 2.05) is 0 Å². The molecule has 0 aliphatic rings. The lowest BCUT2D eigenvalue weighted by atomic mass is 10.1. The molecule has 15 heavy (non-hydrogen) atoms. The molecule has 0 unspecified atom stereocenters. The first-order chi connectivity index (χ1) is 6.53. The lowest BCUT2D eigenvalue weighted by molar-refractivity contribution is 0.364. The van der Waals surface area contributed by atoms with Crippen LogP contribution in [0.1, 0.15) is 18.9 Å². The minimum Gasteiger partial charge on any atom is -0.0936 e. The van der Waals surface area contributed by atoms with Crippen molar-refractivity contribution in [1.29, 1.82) is 0 Å². The van der Waals surface area contributed by atoms with Gasteiger partial charge in [0.15, 0.2) is 0 Å². The van der Waals surface area contributed by atoms with Crippen molar-refractivity contribution in [1.82, 2.24) is 0 Å². The van der Waals surface area contributed by atoms with Crippen LogP contribution in [0.5, 0.6) is 0 Å². The van der Waals surface area contributed by atoms with E-state index in [2.05, 4.69) is 0 Å². The van der Waals surface area contributed by atoms with Crippen LogP contribution in [0, 0.1) is 0 Å². The Morgan fingerprint density at radius 3 is 2.13 bits per heavy atom. The number of rotatable bonds is 3. The van der Waals surface area contributed by atoms with Gasteiger partial charge in [0.05, 0.1) is 0 Å². The van der Waals surface area contributed by atoms with E-state index in [1.165, 1.54) is 6.07 Å². The maximum absolute atomic E-state index is 12.4. The zero-order chi connectivity index (χ0) is 11.8. The predicted octanol–water partition coefficient (Wildman–Crippen LogP) is 5.30. The lowest BCUT2D eigenvalue weighted by Crippen LogP contribution is -2.06. The summed E-state index contributed by atoms with van der Waals surface area (Å²) in [5.41, 5.74) is 0.281. The van der Waals surface area contributed by atoms with Crippen LogP contribution in [0.3, 0.4) is 0 Å². The third-order valence-corrected chi connectivity index (χ3v) is 3.03. The molecule has 0 bridgehead atoms. The van der Waals surface area contributed by atoms with Crippen molar-refractivity contribution >= 4 is 10.2 Å². The smallest absolute Gasteiger partial charge is 0.0936 e. The van der Waals surface area contributed by atoms with Crippen LogP contribution in [0.15, 0.2) is 29.2 Å². The molecule has 6 heteroatoms. The van der Waals surface area contributed by atoms with Gasteiger partial charge in [0.1, 0.15) is 4.90 Å². The highest BCUT2D eigenvalue weighted by atomic mass is 32.5. The fourth-order valence-electron chi connectivity index (χ4n) is 1.23. The van der Waals surface area contributed by atoms with Gasteiger partial charge in [-0.2, -0.15) is 0 Å². The van der Waals surface area contributed by atoms with Crippen LogP contribution in [-0.2, 0) is 6.42 Å². The van der Waals surface area contributed by atoms with E-state index in [-0.39, 0.29) is 5.56 Å². The predicted molar refractivity (Wildman–Crippen MR) is 51.8 cm³/mol. The zero-order valence-electron chi connectivity index (χ0n) is 8.02. The maximum Gasteiger partial charge on any atom is 0.310 e. The molecule has 0 spiro atoms. The Labute approximate surface area is 84.8 Å². The van der Waals surface area contributed by atoms with Gasteiger partial charge in [-0.15, -0.1) is 0 Å². The van der Waals surface area contributed by atoms with Gasteiger partial charge in [-0.3, -0.25) is 0 Å². The van der Waals surface area contributed by atoms with Crippen molar-refractivity contribution in [3.63, 3.8) is 0 Å². The molecule has 0 aliphatic heterocycles. The van der Waals surface area contributed by atoms with E-state index < -0.39 is 15.1 Å². The van der Waals surface area contributed by atoms with Crippen LogP contribution in [0.25, 0.3) is 0 Å². The number of hydrogen-bond donors (Lipinski definition) is 0. The standard InChI is InChI=1S/C9H11F5S/c1-2-4-8-5-3-6-9(7-8)15(10,11,12,13)14/h3,5-7H,2,4H2,1H3. The van der Waals surface area contributed by atoms with E-state index in [4.69, 9.17) is 0 Å². The highest BCUT2D eigenvalue weighted by Crippen LogP contribution is 3.02. The van der Waals surface area contributed by atoms with Crippen LogP contribution in [0.4, 0.5) is 19.4 Å². The number of aryl methyl sites for hydroxylation is 1. The van der Waals surface area contributed by atoms with Crippen molar-refractivity contribution < 1.29 is 19.4 Å². The Morgan fingerprint density at radius 1 is 1.07 bits per heavy atom. The second-order valence-electron chi connectivity index (χ2n) is 3.37. The largest absolute Gasteiger partial charge is 0.310 e. The van der Waals surface area contributed by atoms with Gasteiger partial charge in [0.25, 0.3) is 0 Å². The molecule has 0 N–H and O–H groups in total. The Balaban J connectivity index is 3.24. The molecule has 0 nitrogen and oxygen atoms in total. The Hall–Kier alpha value is -0.780. The minimum atomic E-state index is -9.49. The number of halogens is 5. The van der Waals surface area contributed by atoms with E-state index >= 15 is 0 Å². The number of benzene rings is 1. The SMILES string of the molecule is CCCc1cccc(S(F)(F)(F)(F)F)c1. The summed E-state index contributed by atoms with van der Waals surface area (Å²) in [7, 11) is -9.49. The topological polar surface area (TPSA) is 0 Å². The molecule has 0 radical (unpaired) electrons. The highest BCUT2D eigenvalue weighted by molar-refractivity contribution is 8.45. The second kappa shape index (κ2) is 2.87. The summed E-state index contributed by atoms with van der Waals surface area (Å²) in [5, 5.41) is 0. The van der Waals surface area contributed by atoms with Crippen molar-refractivity contribution in [2.45, 2.75) is 24.7 Å². The molecule has 0 saturated heterocycles. The van der Waals surface area contributed by atoms with E-state index in [0.29, 0.717) is 25.0 Å². The van der Waals surface area contributed by atoms with Crippen LogP contribution in [-0.4, -0.2) is 0 Å². The van der Waals surface area contributed by atoms with Crippen LogP contribution in [0.2, 0.25) is 0 Å². The fourth-order valence-corrected chi connectivity index (χ4v) is 1.94. The Bertz CT molecular complexity index is 366.